The van der Waals surface area contributed by atoms with Crippen molar-refractivity contribution in [2.45, 2.75) is 37.2 Å². The normalized spacial score (nSPS) is 12.8. The van der Waals surface area contributed by atoms with Gasteiger partial charge in [-0.25, -0.2) is 8.42 Å². The van der Waals surface area contributed by atoms with E-state index >= 15 is 0 Å². The Morgan fingerprint density at radius 2 is 1.35 bits per heavy atom. The Morgan fingerprint density at radius 3 is 1.90 bits per heavy atom. The highest BCUT2D eigenvalue weighted by atomic mass is 32.2. The third-order valence-electron chi connectivity index (χ3n) is 6.17. The molecule has 4 rings (SSSR count). The predicted molar refractivity (Wildman–Crippen MR) is 150 cm³/mol. The third kappa shape index (κ3) is 7.47. The molecule has 0 heterocycles. The molecule has 0 saturated carbocycles. The summed E-state index contributed by atoms with van der Waals surface area (Å²) in [7, 11) is -3.03. The number of aliphatic hydroxyl groups is 1. The molecular weight excluding hydrogens is 530 g/mol. The topological polar surface area (TPSA) is 111 Å². The number of sulfonamides is 1. The van der Waals surface area contributed by atoms with Crippen LogP contribution in [0.4, 0.5) is 0 Å². The van der Waals surface area contributed by atoms with Crippen molar-refractivity contribution in [3.8, 4) is 11.5 Å². The summed E-state index contributed by atoms with van der Waals surface area (Å²) in [4.78, 5) is 12.6. The number of hydrogen-bond acceptors (Lipinski definition) is 7. The molecule has 0 aromatic heterocycles. The lowest BCUT2D eigenvalue weighted by atomic mass is 10.0. The molecular formula is C31H31NO7S. The maximum atomic E-state index is 13.0. The fourth-order valence-electron chi connectivity index (χ4n) is 3.92. The number of aryl methyl sites for hydroxylation is 1. The number of rotatable bonds is 12. The zero-order valence-electron chi connectivity index (χ0n) is 22.2. The number of ether oxygens (including phenoxy) is 3. The van der Waals surface area contributed by atoms with Gasteiger partial charge in [-0.2, -0.15) is 4.72 Å². The minimum Gasteiger partial charge on any atom is -0.485 e. The standard InChI is InChI=1S/C31H31NO7S/c1-22-13-16-26(17-14-22)40(35,36)32-29(31(34)37-2)30(33)25-15-18-27(38-20-23-9-5-3-6-10-23)28(19-25)39-21-24-11-7-4-8-12-24/h3-19,29-30,32-33H,20-21H2,1-2H3. The number of benzene rings is 4. The van der Waals surface area contributed by atoms with Crippen LogP contribution in [0.5, 0.6) is 11.5 Å². The van der Waals surface area contributed by atoms with Gasteiger partial charge in [0, 0.05) is 0 Å². The van der Waals surface area contributed by atoms with Gasteiger partial charge >= 0.3 is 5.97 Å². The van der Waals surface area contributed by atoms with Gasteiger partial charge in [0.1, 0.15) is 25.4 Å². The predicted octanol–water partition coefficient (Wildman–Crippen LogP) is 4.71. The van der Waals surface area contributed by atoms with Crippen molar-refractivity contribution in [2.24, 2.45) is 0 Å². The first kappa shape index (κ1) is 28.8. The first-order chi connectivity index (χ1) is 19.3. The summed E-state index contributed by atoms with van der Waals surface area (Å²) in [5, 5.41) is 11.2. The van der Waals surface area contributed by atoms with Gasteiger partial charge in [-0.15, -0.1) is 0 Å². The van der Waals surface area contributed by atoms with Crippen LogP contribution in [0, 0.1) is 6.92 Å². The Bertz CT molecular complexity index is 1510. The lowest BCUT2D eigenvalue weighted by Gasteiger charge is -2.23. The van der Waals surface area contributed by atoms with Crippen LogP contribution in [0.15, 0.2) is 108 Å². The van der Waals surface area contributed by atoms with Crippen LogP contribution in [-0.2, 0) is 32.8 Å². The SMILES string of the molecule is COC(=O)C(NS(=O)(=O)c1ccc(C)cc1)C(O)c1ccc(OCc2ccccc2)c(OCc2ccccc2)c1. The minimum absolute atomic E-state index is 0.0456. The molecule has 2 unspecified atom stereocenters. The molecule has 8 nitrogen and oxygen atoms in total. The van der Waals surface area contributed by atoms with Crippen LogP contribution in [0.1, 0.15) is 28.4 Å². The van der Waals surface area contributed by atoms with Crippen LogP contribution in [-0.4, -0.2) is 32.6 Å². The fourth-order valence-corrected chi connectivity index (χ4v) is 5.11. The summed E-state index contributed by atoms with van der Waals surface area (Å²) in [6.45, 7) is 2.34. The number of esters is 1. The Morgan fingerprint density at radius 1 is 0.800 bits per heavy atom. The second kappa shape index (κ2) is 13.3. The highest BCUT2D eigenvalue weighted by Crippen LogP contribution is 2.33. The molecule has 0 spiro atoms. The number of aliphatic hydroxyl groups excluding tert-OH is 1. The second-order valence-electron chi connectivity index (χ2n) is 9.13. The van der Waals surface area contributed by atoms with E-state index < -0.39 is 28.1 Å². The van der Waals surface area contributed by atoms with Crippen molar-refractivity contribution in [2.75, 3.05) is 7.11 Å². The largest absolute Gasteiger partial charge is 0.485 e. The van der Waals surface area contributed by atoms with Crippen LogP contribution < -0.4 is 14.2 Å². The second-order valence-corrected chi connectivity index (χ2v) is 10.8. The molecule has 0 radical (unpaired) electrons. The van der Waals surface area contributed by atoms with Gasteiger partial charge in [0.15, 0.2) is 11.5 Å². The summed E-state index contributed by atoms with van der Waals surface area (Å²) in [5.74, 6) is -0.203. The van der Waals surface area contributed by atoms with E-state index in [2.05, 4.69) is 4.72 Å². The van der Waals surface area contributed by atoms with Gasteiger partial charge in [-0.1, -0.05) is 84.4 Å². The van der Waals surface area contributed by atoms with E-state index in [0.717, 1.165) is 23.8 Å². The Hall–Kier alpha value is -4.18. The average Bonchev–Trinajstić information content (AvgIpc) is 2.98. The molecule has 0 aliphatic carbocycles. The zero-order chi connectivity index (χ0) is 28.5. The quantitative estimate of drug-likeness (QED) is 0.241. The molecule has 4 aromatic rings. The molecule has 0 aliphatic heterocycles. The van der Waals surface area contributed by atoms with Crippen molar-refractivity contribution < 1.29 is 32.5 Å². The minimum atomic E-state index is -4.15. The third-order valence-corrected chi connectivity index (χ3v) is 7.62. The van der Waals surface area contributed by atoms with Crippen LogP contribution >= 0.6 is 0 Å². The van der Waals surface area contributed by atoms with Crippen molar-refractivity contribution in [1.29, 1.82) is 0 Å². The first-order valence-corrected chi connectivity index (χ1v) is 14.1. The number of nitrogens with one attached hydrogen (secondary N) is 1. The summed E-state index contributed by atoms with van der Waals surface area (Å²) < 4.78 is 45.3. The van der Waals surface area contributed by atoms with Gasteiger partial charge in [-0.05, 0) is 47.9 Å². The van der Waals surface area contributed by atoms with Crippen molar-refractivity contribution in [3.05, 3.63) is 125 Å². The molecule has 208 valence electrons. The summed E-state index contributed by atoms with van der Waals surface area (Å²) in [6.07, 6.45) is -1.59. The van der Waals surface area contributed by atoms with Gasteiger partial charge < -0.3 is 19.3 Å². The van der Waals surface area contributed by atoms with Gasteiger partial charge in [0.05, 0.1) is 12.0 Å². The number of carbonyl (C=O) groups excluding carboxylic acids is 1. The molecule has 2 atom stereocenters. The molecule has 0 aliphatic rings. The van der Waals surface area contributed by atoms with E-state index in [1.807, 2.05) is 67.6 Å². The van der Waals surface area contributed by atoms with Crippen LogP contribution in [0.25, 0.3) is 0 Å². The highest BCUT2D eigenvalue weighted by molar-refractivity contribution is 7.89. The lowest BCUT2D eigenvalue weighted by Crippen LogP contribution is -2.45. The summed E-state index contributed by atoms with van der Waals surface area (Å²) in [6, 6.07) is 28.3. The summed E-state index contributed by atoms with van der Waals surface area (Å²) in [5.41, 5.74) is 2.98. The highest BCUT2D eigenvalue weighted by Gasteiger charge is 2.34. The number of methoxy groups -OCH3 is 1. The zero-order valence-corrected chi connectivity index (χ0v) is 23.0. The van der Waals surface area contributed by atoms with E-state index in [4.69, 9.17) is 14.2 Å². The Kier molecular flexibility index (Phi) is 9.55. The number of hydrogen-bond donors (Lipinski definition) is 2. The molecule has 40 heavy (non-hydrogen) atoms. The van der Waals surface area contributed by atoms with Crippen LogP contribution in [0.3, 0.4) is 0 Å². The first-order valence-electron chi connectivity index (χ1n) is 12.6. The average molecular weight is 562 g/mol. The van der Waals surface area contributed by atoms with Crippen molar-refractivity contribution in [1.82, 2.24) is 4.72 Å². The summed E-state index contributed by atoms with van der Waals surface area (Å²) >= 11 is 0. The van der Waals surface area contributed by atoms with Crippen molar-refractivity contribution >= 4 is 16.0 Å². The lowest BCUT2D eigenvalue weighted by molar-refractivity contribution is -0.145. The van der Waals surface area contributed by atoms with E-state index in [-0.39, 0.29) is 23.7 Å². The maximum Gasteiger partial charge on any atom is 0.326 e. The molecule has 0 saturated heterocycles. The molecule has 2 N–H and O–H groups in total. The fraction of sp³-hybridized carbons (Fsp3) is 0.194. The smallest absolute Gasteiger partial charge is 0.326 e. The van der Waals surface area contributed by atoms with Gasteiger partial charge in [-0.3, -0.25) is 4.79 Å². The van der Waals surface area contributed by atoms with E-state index in [9.17, 15) is 18.3 Å². The Balaban J connectivity index is 1.62. The van der Waals surface area contributed by atoms with Crippen molar-refractivity contribution in [3.63, 3.8) is 0 Å². The molecule has 0 amide bonds. The monoisotopic (exact) mass is 561 g/mol. The van der Waals surface area contributed by atoms with E-state index in [1.54, 1.807) is 24.3 Å². The molecule has 0 fully saturated rings. The maximum absolute atomic E-state index is 13.0. The molecule has 0 bridgehead atoms. The van der Waals surface area contributed by atoms with E-state index in [0.29, 0.717) is 11.5 Å². The molecule has 4 aromatic carbocycles. The Labute approximate surface area is 234 Å². The molecule has 9 heteroatoms. The van der Waals surface area contributed by atoms with Gasteiger partial charge in [0.25, 0.3) is 0 Å². The van der Waals surface area contributed by atoms with E-state index in [1.165, 1.54) is 18.2 Å². The van der Waals surface area contributed by atoms with Crippen LogP contribution in [0.2, 0.25) is 0 Å². The number of carbonyl (C=O) groups is 1. The van der Waals surface area contributed by atoms with Gasteiger partial charge in [0.2, 0.25) is 10.0 Å².